The number of rotatable bonds is 4. The zero-order chi connectivity index (χ0) is 10.6. The zero-order valence-corrected chi connectivity index (χ0v) is 9.30. The minimum Gasteiger partial charge on any atom is -0.270 e. The molecule has 1 rings (SSSR count). The van der Waals surface area contributed by atoms with Crippen LogP contribution in [-0.2, 0) is 34.0 Å². The van der Waals surface area contributed by atoms with Crippen molar-refractivity contribution in [2.75, 3.05) is 19.0 Å². The predicted octanol–water partition coefficient (Wildman–Crippen LogP) is -0.263. The van der Waals surface area contributed by atoms with E-state index in [2.05, 4.69) is 8.37 Å². The maximum absolute atomic E-state index is 11.0. The molecule has 0 aliphatic carbocycles. The smallest absolute Gasteiger partial charge is 0.270 e. The van der Waals surface area contributed by atoms with Crippen LogP contribution in [0.15, 0.2) is 0 Å². The average molecular weight is 244 g/mol. The molecule has 84 valence electrons. The Hall–Kier alpha value is -0.0200. The van der Waals surface area contributed by atoms with Gasteiger partial charge in [-0.3, -0.25) is 12.5 Å². The van der Waals surface area contributed by atoms with Crippen molar-refractivity contribution in [1.82, 2.24) is 0 Å². The van der Waals surface area contributed by atoms with Crippen LogP contribution in [0, 0.1) is 0 Å². The molecular formula is C6H12O6S2. The van der Waals surface area contributed by atoms with Crippen LogP contribution in [0.5, 0.6) is 0 Å². The summed E-state index contributed by atoms with van der Waals surface area (Å²) in [6.07, 6.45) is -0.209. The fourth-order valence-corrected chi connectivity index (χ4v) is 2.83. The van der Waals surface area contributed by atoms with E-state index in [4.69, 9.17) is 4.18 Å². The predicted molar refractivity (Wildman–Crippen MR) is 49.0 cm³/mol. The highest BCUT2D eigenvalue weighted by molar-refractivity contribution is 7.86. The second-order valence-electron chi connectivity index (χ2n) is 2.66. The summed E-state index contributed by atoms with van der Waals surface area (Å²) in [7, 11) is -3.51. The standard InChI is InChI=1S/C6H12O6S2/c1-2-10-13(7)12-6-3-4-11-14(8,9)5-6/h6H,2-5H2,1H3. The Balaban J connectivity index is 2.42. The summed E-state index contributed by atoms with van der Waals surface area (Å²) in [5, 5.41) is 0. The summed E-state index contributed by atoms with van der Waals surface area (Å²) in [6, 6.07) is 0. The van der Waals surface area contributed by atoms with Gasteiger partial charge in [0.05, 0.1) is 19.3 Å². The monoisotopic (exact) mass is 244 g/mol. The van der Waals surface area contributed by atoms with E-state index in [1.54, 1.807) is 6.92 Å². The molecule has 0 spiro atoms. The molecule has 0 amide bonds. The lowest BCUT2D eigenvalue weighted by Gasteiger charge is -2.20. The quantitative estimate of drug-likeness (QED) is 0.634. The van der Waals surface area contributed by atoms with Crippen molar-refractivity contribution >= 4 is 21.5 Å². The van der Waals surface area contributed by atoms with Gasteiger partial charge >= 0.3 is 11.4 Å². The summed E-state index contributed by atoms with van der Waals surface area (Å²) in [5.41, 5.74) is 0. The molecule has 8 heteroatoms. The van der Waals surface area contributed by atoms with Crippen molar-refractivity contribution in [2.24, 2.45) is 0 Å². The first-order valence-corrected chi connectivity index (χ1v) is 6.70. The van der Waals surface area contributed by atoms with E-state index in [0.29, 0.717) is 6.42 Å². The Labute approximate surface area is 85.5 Å². The van der Waals surface area contributed by atoms with E-state index in [1.165, 1.54) is 0 Å². The molecule has 0 radical (unpaired) electrons. The Morgan fingerprint density at radius 3 is 2.86 bits per heavy atom. The molecular weight excluding hydrogens is 232 g/mol. The lowest BCUT2D eigenvalue weighted by Crippen LogP contribution is -2.33. The van der Waals surface area contributed by atoms with Gasteiger partial charge in [-0.25, -0.2) is 0 Å². The first-order chi connectivity index (χ1) is 6.53. The van der Waals surface area contributed by atoms with Crippen molar-refractivity contribution in [3.63, 3.8) is 0 Å². The van der Waals surface area contributed by atoms with E-state index in [0.717, 1.165) is 0 Å². The highest BCUT2D eigenvalue weighted by Gasteiger charge is 2.28. The third kappa shape index (κ3) is 4.01. The maximum atomic E-state index is 11.0. The lowest BCUT2D eigenvalue weighted by molar-refractivity contribution is 0.150. The largest absolute Gasteiger partial charge is 0.304 e. The van der Waals surface area contributed by atoms with Crippen LogP contribution in [0.3, 0.4) is 0 Å². The maximum Gasteiger partial charge on any atom is 0.304 e. The van der Waals surface area contributed by atoms with Gasteiger partial charge in [-0.1, -0.05) is 0 Å². The molecule has 0 N–H and O–H groups in total. The van der Waals surface area contributed by atoms with Crippen molar-refractivity contribution in [3.05, 3.63) is 0 Å². The molecule has 0 aromatic carbocycles. The van der Waals surface area contributed by atoms with Gasteiger partial charge in [0.1, 0.15) is 5.75 Å². The minimum absolute atomic E-state index is 0.0658. The average Bonchev–Trinajstić information content (AvgIpc) is 2.02. The molecule has 1 aliphatic rings. The zero-order valence-electron chi connectivity index (χ0n) is 7.67. The van der Waals surface area contributed by atoms with Crippen LogP contribution in [0.2, 0.25) is 0 Å². The summed E-state index contributed by atoms with van der Waals surface area (Å²) in [4.78, 5) is 0. The van der Waals surface area contributed by atoms with E-state index in [1.807, 2.05) is 0 Å². The van der Waals surface area contributed by atoms with Crippen LogP contribution in [0.1, 0.15) is 13.3 Å². The first kappa shape index (κ1) is 12.1. The van der Waals surface area contributed by atoms with Gasteiger partial charge in [0, 0.05) is 6.42 Å². The Kier molecular flexibility index (Phi) is 4.45. The van der Waals surface area contributed by atoms with Gasteiger partial charge in [0.15, 0.2) is 0 Å². The number of hydrogen-bond acceptors (Lipinski definition) is 6. The molecule has 0 aromatic rings. The minimum atomic E-state index is -3.51. The van der Waals surface area contributed by atoms with E-state index < -0.39 is 27.6 Å². The SMILES string of the molecule is CCOS(=O)OC1CCOS(=O)(=O)C1. The summed E-state index contributed by atoms with van der Waals surface area (Å²) < 4.78 is 46.8. The molecule has 1 fully saturated rings. The molecule has 1 saturated heterocycles. The molecule has 6 nitrogen and oxygen atoms in total. The van der Waals surface area contributed by atoms with Crippen molar-refractivity contribution in [3.8, 4) is 0 Å². The van der Waals surface area contributed by atoms with Gasteiger partial charge in [0.2, 0.25) is 0 Å². The van der Waals surface area contributed by atoms with Gasteiger partial charge in [0.25, 0.3) is 10.1 Å². The molecule has 2 unspecified atom stereocenters. The van der Waals surface area contributed by atoms with Gasteiger partial charge in [-0.2, -0.15) is 12.6 Å². The fourth-order valence-electron chi connectivity index (χ4n) is 0.977. The molecule has 0 saturated carbocycles. The van der Waals surface area contributed by atoms with Crippen molar-refractivity contribution in [2.45, 2.75) is 19.4 Å². The van der Waals surface area contributed by atoms with Gasteiger partial charge in [-0.05, 0) is 6.92 Å². The first-order valence-electron chi connectivity index (χ1n) is 4.13. The van der Waals surface area contributed by atoms with Crippen LogP contribution >= 0.6 is 0 Å². The van der Waals surface area contributed by atoms with Gasteiger partial charge in [-0.15, -0.1) is 0 Å². The summed E-state index contributed by atoms with van der Waals surface area (Å²) >= 11 is -1.87. The Morgan fingerprint density at radius 1 is 1.57 bits per heavy atom. The van der Waals surface area contributed by atoms with E-state index in [-0.39, 0.29) is 19.0 Å². The van der Waals surface area contributed by atoms with E-state index >= 15 is 0 Å². The third-order valence-corrected chi connectivity index (χ3v) is 3.68. The molecule has 1 heterocycles. The van der Waals surface area contributed by atoms with Crippen LogP contribution < -0.4 is 0 Å². The second kappa shape index (κ2) is 5.17. The van der Waals surface area contributed by atoms with Gasteiger partial charge < -0.3 is 0 Å². The highest BCUT2D eigenvalue weighted by atomic mass is 32.2. The van der Waals surface area contributed by atoms with E-state index in [9.17, 15) is 12.6 Å². The third-order valence-electron chi connectivity index (χ3n) is 1.52. The summed E-state index contributed by atoms with van der Waals surface area (Å²) in [5.74, 6) is -0.272. The number of hydrogen-bond donors (Lipinski definition) is 0. The molecule has 14 heavy (non-hydrogen) atoms. The summed E-state index contributed by atoms with van der Waals surface area (Å²) in [6.45, 7) is 1.99. The highest BCUT2D eigenvalue weighted by Crippen LogP contribution is 2.13. The second-order valence-corrected chi connectivity index (χ2v) is 5.18. The van der Waals surface area contributed by atoms with Crippen LogP contribution in [0.25, 0.3) is 0 Å². The molecule has 0 aromatic heterocycles. The Bertz CT molecular complexity index is 297. The topological polar surface area (TPSA) is 78.9 Å². The molecule has 2 atom stereocenters. The fraction of sp³-hybridized carbons (Fsp3) is 1.00. The normalized spacial score (nSPS) is 28.5. The van der Waals surface area contributed by atoms with Crippen LogP contribution in [-0.4, -0.2) is 37.7 Å². The Morgan fingerprint density at radius 2 is 2.29 bits per heavy atom. The van der Waals surface area contributed by atoms with Crippen molar-refractivity contribution < 1.29 is 25.2 Å². The molecule has 1 aliphatic heterocycles. The van der Waals surface area contributed by atoms with Crippen LogP contribution in [0.4, 0.5) is 0 Å². The molecule has 0 bridgehead atoms. The van der Waals surface area contributed by atoms with Crippen molar-refractivity contribution in [1.29, 1.82) is 0 Å². The lowest BCUT2D eigenvalue weighted by atomic mass is 10.3.